The second kappa shape index (κ2) is 11.6. The smallest absolute Gasteiger partial charge is 0.308 e. The number of hydrogen-bond acceptors (Lipinski definition) is 6. The molecule has 0 saturated carbocycles. The number of aryl methyl sites for hydroxylation is 2. The van der Waals surface area contributed by atoms with Crippen LogP contribution in [0.1, 0.15) is 47.1 Å². The lowest BCUT2D eigenvalue weighted by molar-refractivity contribution is -0.140. The molecule has 0 amide bonds. The molecule has 2 aromatic carbocycles. The fourth-order valence-electron chi connectivity index (χ4n) is 6.53. The van der Waals surface area contributed by atoms with Gasteiger partial charge in [0.15, 0.2) is 0 Å². The third-order valence-corrected chi connectivity index (χ3v) is 8.83. The summed E-state index contributed by atoms with van der Waals surface area (Å²) in [5.74, 6) is 0.585. The number of pyridine rings is 1. The van der Waals surface area contributed by atoms with Crippen LogP contribution < -0.4 is 9.64 Å². The molecule has 1 atom stereocenters. The van der Waals surface area contributed by atoms with Crippen molar-refractivity contribution in [2.75, 3.05) is 37.7 Å². The summed E-state index contributed by atoms with van der Waals surface area (Å²) in [5, 5.41) is 9.41. The van der Waals surface area contributed by atoms with Gasteiger partial charge < -0.3 is 19.5 Å². The molecule has 40 heavy (non-hydrogen) atoms. The van der Waals surface area contributed by atoms with Gasteiger partial charge >= 0.3 is 5.97 Å². The molecule has 0 radical (unpaired) electrons. The number of para-hydroxylation sites is 1. The van der Waals surface area contributed by atoms with E-state index in [1.54, 1.807) is 0 Å². The summed E-state index contributed by atoms with van der Waals surface area (Å²) < 4.78 is 12.1. The average molecular weight is 542 g/mol. The van der Waals surface area contributed by atoms with Crippen molar-refractivity contribution in [2.24, 2.45) is 5.92 Å². The number of hydrogen-bond donors (Lipinski definition) is 1. The number of rotatable bonds is 7. The third kappa shape index (κ3) is 5.58. The van der Waals surface area contributed by atoms with Gasteiger partial charge in [0, 0.05) is 51.0 Å². The molecule has 0 aliphatic carbocycles. The van der Waals surface area contributed by atoms with E-state index in [1.165, 1.54) is 22.3 Å². The van der Waals surface area contributed by atoms with Gasteiger partial charge in [-0.2, -0.15) is 0 Å². The molecule has 0 spiro atoms. The molecule has 210 valence electrons. The molecule has 0 unspecified atom stereocenters. The van der Waals surface area contributed by atoms with Gasteiger partial charge in [-0.05, 0) is 85.5 Å². The van der Waals surface area contributed by atoms with E-state index in [0.717, 1.165) is 74.0 Å². The van der Waals surface area contributed by atoms with E-state index in [1.807, 2.05) is 24.3 Å². The van der Waals surface area contributed by atoms with Gasteiger partial charge in [-0.1, -0.05) is 30.3 Å². The second-order valence-electron chi connectivity index (χ2n) is 11.5. The normalized spacial score (nSPS) is 19.9. The highest BCUT2D eigenvalue weighted by atomic mass is 16.5. The maximum absolute atomic E-state index is 11.4. The molecule has 7 heteroatoms. The lowest BCUT2D eigenvalue weighted by Gasteiger charge is -2.38. The zero-order chi connectivity index (χ0) is 27.6. The van der Waals surface area contributed by atoms with Gasteiger partial charge in [0.05, 0.1) is 11.6 Å². The number of carboxylic acid groups (broad SMARTS) is 1. The zero-order valence-electron chi connectivity index (χ0n) is 23.6. The van der Waals surface area contributed by atoms with E-state index in [0.29, 0.717) is 32.2 Å². The quantitative estimate of drug-likeness (QED) is 0.430. The summed E-state index contributed by atoms with van der Waals surface area (Å²) in [7, 11) is 0. The minimum absolute atomic E-state index is 0.340. The number of aromatic nitrogens is 1. The van der Waals surface area contributed by atoms with Crippen molar-refractivity contribution >= 4 is 11.8 Å². The maximum Gasteiger partial charge on any atom is 0.308 e. The van der Waals surface area contributed by atoms with Crippen LogP contribution in [0.25, 0.3) is 11.3 Å². The highest BCUT2D eigenvalue weighted by Crippen LogP contribution is 2.35. The van der Waals surface area contributed by atoms with Gasteiger partial charge in [0.1, 0.15) is 18.2 Å². The molecule has 7 nitrogen and oxygen atoms in total. The van der Waals surface area contributed by atoms with Gasteiger partial charge in [0.25, 0.3) is 0 Å². The Labute approximate surface area is 236 Å². The van der Waals surface area contributed by atoms with Crippen LogP contribution in [0.3, 0.4) is 0 Å². The van der Waals surface area contributed by atoms with Crippen molar-refractivity contribution in [3.8, 4) is 17.0 Å². The summed E-state index contributed by atoms with van der Waals surface area (Å²) >= 11 is 0. The van der Waals surface area contributed by atoms with Crippen LogP contribution in [-0.2, 0) is 29.1 Å². The van der Waals surface area contributed by atoms with Crippen LogP contribution in [0.2, 0.25) is 0 Å². The Bertz CT molecular complexity index is 1380. The SMILES string of the molecule is Cc1cc(COc2c(C)cccc2-c2cccc(N3CC[C@@H](C(=O)O)C3)n2)cc2c1CN(C1CCOCC1)CC2. The molecule has 2 saturated heterocycles. The first-order valence-electron chi connectivity index (χ1n) is 14.6. The Hall–Kier alpha value is -3.42. The molecule has 3 aliphatic heterocycles. The van der Waals surface area contributed by atoms with Crippen molar-refractivity contribution < 1.29 is 19.4 Å². The van der Waals surface area contributed by atoms with Crippen molar-refractivity contribution in [1.29, 1.82) is 0 Å². The van der Waals surface area contributed by atoms with Gasteiger partial charge in [0.2, 0.25) is 0 Å². The van der Waals surface area contributed by atoms with Gasteiger partial charge in [-0.25, -0.2) is 4.98 Å². The van der Waals surface area contributed by atoms with E-state index < -0.39 is 5.97 Å². The Morgan fingerprint density at radius 2 is 1.88 bits per heavy atom. The molecular weight excluding hydrogens is 502 g/mol. The molecular formula is C33H39N3O4. The van der Waals surface area contributed by atoms with Crippen LogP contribution in [-0.4, -0.2) is 59.8 Å². The van der Waals surface area contributed by atoms with Crippen molar-refractivity contribution in [3.63, 3.8) is 0 Å². The predicted octanol–water partition coefficient (Wildman–Crippen LogP) is 5.39. The fourth-order valence-corrected chi connectivity index (χ4v) is 6.53. The standard InChI is InChI=1S/C33H39N3O4/c1-22-5-3-6-28(30-7-4-8-31(34-30)36-14-10-26(19-36)33(37)38)32(22)40-21-24-17-23(2)29-20-35(13-9-25(29)18-24)27-11-15-39-16-12-27/h3-8,17-18,26-27H,9-16,19-21H2,1-2H3,(H,37,38)/t26-/m1/s1. The first kappa shape index (κ1) is 26.8. The molecule has 6 rings (SSSR count). The summed E-state index contributed by atoms with van der Waals surface area (Å²) in [5.41, 5.74) is 8.33. The van der Waals surface area contributed by atoms with Crippen molar-refractivity contribution in [2.45, 2.75) is 58.7 Å². The van der Waals surface area contributed by atoms with Crippen molar-refractivity contribution in [1.82, 2.24) is 9.88 Å². The number of fused-ring (bicyclic) bond motifs is 1. The summed E-state index contributed by atoms with van der Waals surface area (Å²) in [6.45, 7) is 9.91. The number of aliphatic carboxylic acids is 1. The number of nitrogens with zero attached hydrogens (tertiary/aromatic N) is 3. The van der Waals surface area contributed by atoms with Crippen LogP contribution in [0.5, 0.6) is 5.75 Å². The molecule has 2 fully saturated rings. The van der Waals surface area contributed by atoms with Crippen LogP contribution in [0.15, 0.2) is 48.5 Å². The van der Waals surface area contributed by atoms with Crippen LogP contribution in [0, 0.1) is 19.8 Å². The molecule has 0 bridgehead atoms. The Morgan fingerprint density at radius 3 is 2.67 bits per heavy atom. The summed E-state index contributed by atoms with van der Waals surface area (Å²) in [4.78, 5) is 21.1. The fraction of sp³-hybridized carbons (Fsp3) is 0.455. The minimum Gasteiger partial charge on any atom is -0.488 e. The topological polar surface area (TPSA) is 75.1 Å². The average Bonchev–Trinajstić information content (AvgIpc) is 3.48. The second-order valence-corrected chi connectivity index (χ2v) is 11.5. The van der Waals surface area contributed by atoms with Gasteiger partial charge in [-0.3, -0.25) is 9.69 Å². The first-order chi connectivity index (χ1) is 19.5. The van der Waals surface area contributed by atoms with Crippen molar-refractivity contribution in [3.05, 3.63) is 76.3 Å². The van der Waals surface area contributed by atoms with E-state index in [9.17, 15) is 9.90 Å². The van der Waals surface area contributed by atoms with Crippen LogP contribution in [0.4, 0.5) is 5.82 Å². The Balaban J connectivity index is 1.19. The van der Waals surface area contributed by atoms with Crippen LogP contribution >= 0.6 is 0 Å². The number of carbonyl (C=O) groups is 1. The molecule has 3 aromatic rings. The largest absolute Gasteiger partial charge is 0.488 e. The highest BCUT2D eigenvalue weighted by molar-refractivity contribution is 5.73. The number of ether oxygens (including phenoxy) is 2. The Kier molecular flexibility index (Phi) is 7.76. The molecule has 3 aliphatic rings. The predicted molar refractivity (Wildman–Crippen MR) is 156 cm³/mol. The number of benzene rings is 2. The Morgan fingerprint density at radius 1 is 1.05 bits per heavy atom. The first-order valence-corrected chi connectivity index (χ1v) is 14.6. The van der Waals surface area contributed by atoms with E-state index in [-0.39, 0.29) is 5.92 Å². The lowest BCUT2D eigenvalue weighted by atomic mass is 9.91. The van der Waals surface area contributed by atoms with E-state index in [4.69, 9.17) is 14.5 Å². The van der Waals surface area contributed by atoms with E-state index >= 15 is 0 Å². The third-order valence-electron chi connectivity index (χ3n) is 8.83. The highest BCUT2D eigenvalue weighted by Gasteiger charge is 2.29. The van der Waals surface area contributed by atoms with E-state index in [2.05, 4.69) is 47.9 Å². The molecule has 1 N–H and O–H groups in total. The number of anilines is 1. The molecule has 1 aromatic heterocycles. The monoisotopic (exact) mass is 541 g/mol. The summed E-state index contributed by atoms with van der Waals surface area (Å²) in [6.07, 6.45) is 4.00. The summed E-state index contributed by atoms with van der Waals surface area (Å²) in [6, 6.07) is 17.4. The number of carboxylic acids is 1. The lowest BCUT2D eigenvalue weighted by Crippen LogP contribution is -2.42. The zero-order valence-corrected chi connectivity index (χ0v) is 23.6. The maximum atomic E-state index is 11.4. The molecule has 4 heterocycles. The minimum atomic E-state index is -0.734. The van der Waals surface area contributed by atoms with Gasteiger partial charge in [-0.15, -0.1) is 0 Å².